The summed E-state index contributed by atoms with van der Waals surface area (Å²) in [6.07, 6.45) is -0.247. The summed E-state index contributed by atoms with van der Waals surface area (Å²) in [6, 6.07) is 20.9. The van der Waals surface area contributed by atoms with Crippen LogP contribution in [0.4, 0.5) is 8.78 Å². The molecule has 0 saturated carbocycles. The Hall–Kier alpha value is -4.34. The normalized spacial score (nSPS) is 16.2. The van der Waals surface area contributed by atoms with Crippen LogP contribution < -0.4 is 10.1 Å². The van der Waals surface area contributed by atoms with Crippen LogP contribution in [0.15, 0.2) is 66.9 Å². The van der Waals surface area contributed by atoms with Crippen LogP contribution in [0, 0.1) is 22.7 Å². The summed E-state index contributed by atoms with van der Waals surface area (Å²) in [5, 5.41) is 21.2. The Labute approximate surface area is 207 Å². The van der Waals surface area contributed by atoms with E-state index in [1.165, 1.54) is 0 Å². The van der Waals surface area contributed by atoms with Crippen molar-refractivity contribution in [2.45, 2.75) is 24.9 Å². The standard InChI is InChI=1S/C27H23F2N5O2/c28-24(29)17-36-25-10-9-22(15-32-25)26(20-5-1-18(13-30)2-6-20)34-12-11-23(16-34)33-27(35)21-7-3-19(14-31)4-8-21/h1-10,15,23-24,26H,11-12,16-17H2,(H,33,35). The van der Waals surface area contributed by atoms with Crippen LogP contribution in [0.2, 0.25) is 0 Å². The lowest BCUT2D eigenvalue weighted by atomic mass is 9.97. The number of pyridine rings is 1. The second kappa shape index (κ2) is 11.4. The average molecular weight is 488 g/mol. The van der Waals surface area contributed by atoms with E-state index in [-0.39, 0.29) is 23.9 Å². The third-order valence-electron chi connectivity index (χ3n) is 5.98. The van der Waals surface area contributed by atoms with Gasteiger partial charge in [0.2, 0.25) is 5.88 Å². The molecule has 1 aliphatic heterocycles. The van der Waals surface area contributed by atoms with Gasteiger partial charge in [0.1, 0.15) is 0 Å². The van der Waals surface area contributed by atoms with E-state index >= 15 is 0 Å². The molecule has 4 rings (SSSR count). The zero-order chi connectivity index (χ0) is 25.5. The number of ether oxygens (including phenoxy) is 1. The van der Waals surface area contributed by atoms with Gasteiger partial charge in [0, 0.05) is 37.0 Å². The Morgan fingerprint density at radius 2 is 1.67 bits per heavy atom. The molecule has 0 radical (unpaired) electrons. The van der Waals surface area contributed by atoms with Crippen molar-refractivity contribution >= 4 is 5.91 Å². The maximum absolute atomic E-state index is 12.7. The Morgan fingerprint density at radius 1 is 1.03 bits per heavy atom. The smallest absolute Gasteiger partial charge is 0.272 e. The number of hydrogen-bond donors (Lipinski definition) is 1. The third kappa shape index (κ3) is 6.01. The minimum absolute atomic E-state index is 0.0874. The number of amides is 1. The first kappa shape index (κ1) is 24.8. The number of likely N-dealkylation sites (tertiary alicyclic amines) is 1. The van der Waals surface area contributed by atoms with E-state index in [9.17, 15) is 13.6 Å². The Morgan fingerprint density at radius 3 is 2.25 bits per heavy atom. The summed E-state index contributed by atoms with van der Waals surface area (Å²) in [4.78, 5) is 19.1. The van der Waals surface area contributed by atoms with Crippen molar-refractivity contribution in [2.24, 2.45) is 0 Å². The van der Waals surface area contributed by atoms with Gasteiger partial charge >= 0.3 is 0 Å². The quantitative estimate of drug-likeness (QED) is 0.514. The number of nitrogens with zero attached hydrogens (tertiary/aromatic N) is 4. The van der Waals surface area contributed by atoms with Crippen molar-refractivity contribution in [3.8, 4) is 18.0 Å². The Balaban J connectivity index is 1.51. The zero-order valence-corrected chi connectivity index (χ0v) is 19.3. The van der Waals surface area contributed by atoms with E-state index < -0.39 is 13.0 Å². The molecule has 1 N–H and O–H groups in total. The Bertz CT molecular complexity index is 1270. The van der Waals surface area contributed by atoms with Gasteiger partial charge < -0.3 is 10.1 Å². The molecule has 1 aromatic heterocycles. The molecule has 1 fully saturated rings. The van der Waals surface area contributed by atoms with Crippen LogP contribution in [0.3, 0.4) is 0 Å². The highest BCUT2D eigenvalue weighted by Gasteiger charge is 2.31. The van der Waals surface area contributed by atoms with Crippen molar-refractivity contribution < 1.29 is 18.3 Å². The fraction of sp³-hybridized carbons (Fsp3) is 0.259. The summed E-state index contributed by atoms with van der Waals surface area (Å²) in [6.45, 7) is 0.557. The maximum atomic E-state index is 12.7. The summed E-state index contributed by atoms with van der Waals surface area (Å²) in [5.41, 5.74) is 3.29. The molecule has 9 heteroatoms. The molecule has 2 heterocycles. The molecule has 36 heavy (non-hydrogen) atoms. The number of aromatic nitrogens is 1. The summed E-state index contributed by atoms with van der Waals surface area (Å²) >= 11 is 0. The van der Waals surface area contributed by atoms with Crippen molar-refractivity contribution in [1.29, 1.82) is 10.5 Å². The van der Waals surface area contributed by atoms with Crippen LogP contribution in [0.1, 0.15) is 45.1 Å². The van der Waals surface area contributed by atoms with Crippen LogP contribution >= 0.6 is 0 Å². The average Bonchev–Trinajstić information content (AvgIpc) is 3.36. The van der Waals surface area contributed by atoms with Gasteiger partial charge in [-0.05, 0) is 53.9 Å². The number of hydrogen-bond acceptors (Lipinski definition) is 6. The predicted octanol–water partition coefficient (Wildman–Crippen LogP) is 4.06. The molecule has 2 unspecified atom stereocenters. The Kier molecular flexibility index (Phi) is 7.84. The first-order valence-electron chi connectivity index (χ1n) is 11.4. The van der Waals surface area contributed by atoms with Gasteiger partial charge in [-0.25, -0.2) is 13.8 Å². The van der Waals surface area contributed by atoms with E-state index in [1.807, 2.05) is 18.2 Å². The molecule has 1 saturated heterocycles. The van der Waals surface area contributed by atoms with Gasteiger partial charge in [0.05, 0.1) is 29.3 Å². The van der Waals surface area contributed by atoms with Gasteiger partial charge in [-0.1, -0.05) is 18.2 Å². The van der Waals surface area contributed by atoms with E-state index in [4.69, 9.17) is 15.3 Å². The molecule has 0 bridgehead atoms. The van der Waals surface area contributed by atoms with Crippen LogP contribution in [-0.2, 0) is 0 Å². The summed E-state index contributed by atoms with van der Waals surface area (Å²) in [5.74, 6) is -0.0879. The number of benzene rings is 2. The summed E-state index contributed by atoms with van der Waals surface area (Å²) in [7, 11) is 0. The monoisotopic (exact) mass is 487 g/mol. The number of halogens is 2. The minimum atomic E-state index is -2.58. The number of rotatable bonds is 8. The molecule has 1 amide bonds. The second-order valence-corrected chi connectivity index (χ2v) is 8.41. The van der Waals surface area contributed by atoms with Crippen molar-refractivity contribution in [1.82, 2.24) is 15.2 Å². The van der Waals surface area contributed by atoms with E-state index in [2.05, 4.69) is 21.3 Å². The van der Waals surface area contributed by atoms with Crippen LogP contribution in [-0.4, -0.2) is 48.0 Å². The molecule has 2 atom stereocenters. The highest BCUT2D eigenvalue weighted by molar-refractivity contribution is 5.94. The SMILES string of the molecule is N#Cc1ccc(C(=O)NC2CCN(C(c3ccc(C#N)cc3)c3ccc(OCC(F)F)nc3)C2)cc1. The van der Waals surface area contributed by atoms with Gasteiger partial charge in [-0.2, -0.15) is 10.5 Å². The topological polar surface area (TPSA) is 102 Å². The maximum Gasteiger partial charge on any atom is 0.272 e. The highest BCUT2D eigenvalue weighted by Crippen LogP contribution is 2.32. The van der Waals surface area contributed by atoms with Crippen LogP contribution in [0.25, 0.3) is 0 Å². The van der Waals surface area contributed by atoms with Crippen LogP contribution in [0.5, 0.6) is 5.88 Å². The van der Waals surface area contributed by atoms with E-state index in [0.29, 0.717) is 29.8 Å². The molecule has 1 aliphatic rings. The highest BCUT2D eigenvalue weighted by atomic mass is 19.3. The number of nitrogens with one attached hydrogen (secondary N) is 1. The van der Waals surface area contributed by atoms with Crippen molar-refractivity contribution in [2.75, 3.05) is 19.7 Å². The lowest BCUT2D eigenvalue weighted by Crippen LogP contribution is -2.38. The first-order chi connectivity index (χ1) is 17.5. The van der Waals surface area contributed by atoms with Crippen molar-refractivity contribution in [3.05, 3.63) is 94.7 Å². The molecule has 7 nitrogen and oxygen atoms in total. The zero-order valence-electron chi connectivity index (χ0n) is 19.3. The van der Waals surface area contributed by atoms with Gasteiger partial charge in [0.15, 0.2) is 6.61 Å². The molecule has 182 valence electrons. The minimum Gasteiger partial charge on any atom is -0.472 e. The molecule has 3 aromatic rings. The van der Waals surface area contributed by atoms with Gasteiger partial charge in [-0.3, -0.25) is 9.69 Å². The molecular weight excluding hydrogens is 464 g/mol. The van der Waals surface area contributed by atoms with Gasteiger partial charge in [0.25, 0.3) is 12.3 Å². The number of carbonyl (C=O) groups excluding carboxylic acids is 1. The van der Waals surface area contributed by atoms with E-state index in [1.54, 1.807) is 54.7 Å². The fourth-order valence-corrected chi connectivity index (χ4v) is 4.25. The number of carbonyl (C=O) groups is 1. The molecule has 0 spiro atoms. The number of alkyl halides is 2. The largest absolute Gasteiger partial charge is 0.472 e. The molecular formula is C27H23F2N5O2. The first-order valence-corrected chi connectivity index (χ1v) is 11.4. The predicted molar refractivity (Wildman–Crippen MR) is 127 cm³/mol. The number of nitriles is 2. The lowest BCUT2D eigenvalue weighted by Gasteiger charge is -2.29. The second-order valence-electron chi connectivity index (χ2n) is 8.41. The van der Waals surface area contributed by atoms with E-state index in [0.717, 1.165) is 17.5 Å². The molecule has 2 aromatic carbocycles. The van der Waals surface area contributed by atoms with Gasteiger partial charge in [-0.15, -0.1) is 0 Å². The summed E-state index contributed by atoms with van der Waals surface area (Å²) < 4.78 is 29.9. The lowest BCUT2D eigenvalue weighted by molar-refractivity contribution is 0.0795. The fourth-order valence-electron chi connectivity index (χ4n) is 4.25. The van der Waals surface area contributed by atoms with Crippen molar-refractivity contribution in [3.63, 3.8) is 0 Å². The molecule has 0 aliphatic carbocycles. The third-order valence-corrected chi connectivity index (χ3v) is 5.98.